The summed E-state index contributed by atoms with van der Waals surface area (Å²) in [4.78, 5) is 0. The number of benzene rings is 2. The quantitative estimate of drug-likeness (QED) is 0.650. The van der Waals surface area contributed by atoms with Crippen LogP contribution in [0.25, 0.3) is 11.1 Å². The second-order valence-corrected chi connectivity index (χ2v) is 7.34. The molecule has 1 unspecified atom stereocenters. The average molecular weight is 308 g/mol. The molecule has 3 rings (SSSR count). The lowest BCUT2D eigenvalue weighted by Gasteiger charge is -2.15. The predicted octanol–water partition coefficient (Wildman–Crippen LogP) is 6.08. The lowest BCUT2D eigenvalue weighted by molar-refractivity contribution is 0.191. The van der Waals surface area contributed by atoms with Crippen molar-refractivity contribution in [2.45, 2.75) is 51.9 Å². The highest BCUT2D eigenvalue weighted by Gasteiger charge is 2.29. The van der Waals surface area contributed by atoms with Crippen molar-refractivity contribution in [3.05, 3.63) is 58.7 Å². The lowest BCUT2D eigenvalue weighted by atomic mass is 9.90. The minimum Gasteiger partial charge on any atom is -0.385 e. The molecular weight excluding hydrogens is 280 g/mol. The molecule has 0 amide bonds. The zero-order chi connectivity index (χ0) is 16.6. The Balaban J connectivity index is 2.12. The summed E-state index contributed by atoms with van der Waals surface area (Å²) in [6.45, 7) is 9.88. The van der Waals surface area contributed by atoms with Crippen molar-refractivity contribution in [3.63, 3.8) is 0 Å². The predicted molar refractivity (Wildman–Crippen MR) is 98.4 cm³/mol. The van der Waals surface area contributed by atoms with E-state index >= 15 is 0 Å². The molecule has 0 aromatic heterocycles. The zero-order valence-electron chi connectivity index (χ0n) is 15.0. The molecule has 0 aliphatic heterocycles. The first kappa shape index (κ1) is 16.3. The summed E-state index contributed by atoms with van der Waals surface area (Å²) in [5.74, 6) is 1.61. The molecule has 0 fully saturated rings. The van der Waals surface area contributed by atoms with Crippen LogP contribution in [-0.4, -0.2) is 13.7 Å². The molecule has 1 nitrogen and oxygen atoms in total. The molecule has 1 aliphatic rings. The van der Waals surface area contributed by atoms with Crippen molar-refractivity contribution < 1.29 is 4.74 Å². The second-order valence-electron chi connectivity index (χ2n) is 7.34. The Morgan fingerprint density at radius 1 is 0.826 bits per heavy atom. The molecule has 1 heteroatoms. The maximum Gasteiger partial charge on any atom is 0.0471 e. The number of hydrogen-bond donors (Lipinski definition) is 0. The number of hydrogen-bond acceptors (Lipinski definition) is 1. The van der Waals surface area contributed by atoms with Crippen molar-refractivity contribution in [2.24, 2.45) is 0 Å². The first-order valence-corrected chi connectivity index (χ1v) is 8.80. The van der Waals surface area contributed by atoms with E-state index in [9.17, 15) is 0 Å². The normalized spacial score (nSPS) is 16.0. The molecule has 0 spiro atoms. The minimum absolute atomic E-state index is 0.472. The van der Waals surface area contributed by atoms with Gasteiger partial charge in [-0.2, -0.15) is 0 Å². The molecule has 2 aromatic rings. The molecule has 0 saturated heterocycles. The van der Waals surface area contributed by atoms with Crippen LogP contribution in [0.2, 0.25) is 0 Å². The highest BCUT2D eigenvalue weighted by Crippen LogP contribution is 2.47. The van der Waals surface area contributed by atoms with Gasteiger partial charge in [0.15, 0.2) is 0 Å². The third-order valence-corrected chi connectivity index (χ3v) is 5.14. The van der Waals surface area contributed by atoms with E-state index in [4.69, 9.17) is 4.74 Å². The van der Waals surface area contributed by atoms with Gasteiger partial charge in [-0.15, -0.1) is 0 Å². The third-order valence-electron chi connectivity index (χ3n) is 5.14. The summed E-state index contributed by atoms with van der Waals surface area (Å²) in [6.07, 6.45) is 1.05. The van der Waals surface area contributed by atoms with Gasteiger partial charge in [0.1, 0.15) is 0 Å². The Labute approximate surface area is 140 Å². The van der Waals surface area contributed by atoms with E-state index in [0.717, 1.165) is 13.0 Å². The van der Waals surface area contributed by atoms with Gasteiger partial charge in [0.2, 0.25) is 0 Å². The molecule has 122 valence electrons. The van der Waals surface area contributed by atoms with Crippen molar-refractivity contribution in [3.8, 4) is 11.1 Å². The average Bonchev–Trinajstić information content (AvgIpc) is 2.85. The molecule has 0 N–H and O–H groups in total. The minimum atomic E-state index is 0.472. The number of fused-ring (bicyclic) bond motifs is 3. The Hall–Kier alpha value is -1.60. The summed E-state index contributed by atoms with van der Waals surface area (Å²) in [5, 5.41) is 0. The number of ether oxygens (including phenoxy) is 1. The van der Waals surface area contributed by atoms with Gasteiger partial charge in [-0.25, -0.2) is 0 Å². The monoisotopic (exact) mass is 308 g/mol. The smallest absolute Gasteiger partial charge is 0.0471 e. The molecule has 23 heavy (non-hydrogen) atoms. The van der Waals surface area contributed by atoms with E-state index in [0.29, 0.717) is 17.8 Å². The maximum absolute atomic E-state index is 5.37. The number of methoxy groups -OCH3 is 1. The third kappa shape index (κ3) is 2.95. The Morgan fingerprint density at radius 2 is 1.48 bits per heavy atom. The van der Waals surface area contributed by atoms with Gasteiger partial charge < -0.3 is 4.74 Å². The van der Waals surface area contributed by atoms with Gasteiger partial charge in [-0.05, 0) is 51.6 Å². The molecule has 2 aromatic carbocycles. The molecule has 0 radical (unpaired) electrons. The molecule has 0 saturated carbocycles. The van der Waals surface area contributed by atoms with Gasteiger partial charge in [0.25, 0.3) is 0 Å². The Kier molecular flexibility index (Phi) is 4.59. The van der Waals surface area contributed by atoms with E-state index in [-0.39, 0.29) is 0 Å². The van der Waals surface area contributed by atoms with Crippen LogP contribution in [0.1, 0.15) is 74.1 Å². The first-order valence-electron chi connectivity index (χ1n) is 8.80. The van der Waals surface area contributed by atoms with Gasteiger partial charge in [0.05, 0.1) is 0 Å². The van der Waals surface area contributed by atoms with Crippen LogP contribution in [0.3, 0.4) is 0 Å². The van der Waals surface area contributed by atoms with Gasteiger partial charge >= 0.3 is 0 Å². The van der Waals surface area contributed by atoms with Crippen LogP contribution in [0.4, 0.5) is 0 Å². The fourth-order valence-electron chi connectivity index (χ4n) is 3.66. The van der Waals surface area contributed by atoms with E-state index in [1.54, 1.807) is 7.11 Å². The van der Waals surface area contributed by atoms with Crippen LogP contribution in [0.5, 0.6) is 0 Å². The summed E-state index contributed by atoms with van der Waals surface area (Å²) in [6, 6.07) is 14.1. The van der Waals surface area contributed by atoms with Crippen LogP contribution >= 0.6 is 0 Å². The summed E-state index contributed by atoms with van der Waals surface area (Å²) >= 11 is 0. The molecule has 0 bridgehead atoms. The van der Waals surface area contributed by atoms with Gasteiger partial charge in [-0.3, -0.25) is 0 Å². The Bertz CT molecular complexity index is 697. The van der Waals surface area contributed by atoms with Crippen LogP contribution in [0.15, 0.2) is 36.4 Å². The summed E-state index contributed by atoms with van der Waals surface area (Å²) in [5.41, 5.74) is 8.68. The van der Waals surface area contributed by atoms with Crippen molar-refractivity contribution >= 4 is 0 Å². The molecular formula is C22H28O. The SMILES string of the molecule is COCCC1c2ccc(C(C)C)cc2-c2ccc(C(C)C)cc21. The summed E-state index contributed by atoms with van der Waals surface area (Å²) < 4.78 is 5.37. The highest BCUT2D eigenvalue weighted by atomic mass is 16.5. The maximum atomic E-state index is 5.37. The van der Waals surface area contributed by atoms with E-state index in [1.165, 1.54) is 33.4 Å². The fourth-order valence-corrected chi connectivity index (χ4v) is 3.66. The van der Waals surface area contributed by atoms with E-state index in [1.807, 2.05) is 0 Å². The van der Waals surface area contributed by atoms with Crippen LogP contribution in [-0.2, 0) is 4.74 Å². The molecule has 1 aliphatic carbocycles. The van der Waals surface area contributed by atoms with Crippen LogP contribution in [0, 0.1) is 0 Å². The fraction of sp³-hybridized carbons (Fsp3) is 0.455. The highest BCUT2D eigenvalue weighted by molar-refractivity contribution is 5.79. The van der Waals surface area contributed by atoms with Crippen molar-refractivity contribution in [1.29, 1.82) is 0 Å². The zero-order valence-corrected chi connectivity index (χ0v) is 15.0. The van der Waals surface area contributed by atoms with E-state index < -0.39 is 0 Å². The van der Waals surface area contributed by atoms with Crippen LogP contribution < -0.4 is 0 Å². The molecule has 0 heterocycles. The summed E-state index contributed by atoms with van der Waals surface area (Å²) in [7, 11) is 1.79. The standard InChI is InChI=1S/C22H28O/c1-14(2)16-6-8-18-20(10-11-23-5)22-13-17(15(3)4)7-9-19(22)21(18)12-16/h6-9,12-15,20H,10-11H2,1-5H3. The first-order chi connectivity index (χ1) is 11.0. The lowest BCUT2D eigenvalue weighted by Crippen LogP contribution is -2.02. The second kappa shape index (κ2) is 6.49. The van der Waals surface area contributed by atoms with Crippen molar-refractivity contribution in [2.75, 3.05) is 13.7 Å². The molecule has 1 atom stereocenters. The van der Waals surface area contributed by atoms with Crippen molar-refractivity contribution in [1.82, 2.24) is 0 Å². The van der Waals surface area contributed by atoms with Gasteiger partial charge in [0, 0.05) is 19.6 Å². The topological polar surface area (TPSA) is 9.23 Å². The number of rotatable bonds is 5. The van der Waals surface area contributed by atoms with Gasteiger partial charge in [-0.1, -0.05) is 64.1 Å². The van der Waals surface area contributed by atoms with E-state index in [2.05, 4.69) is 64.1 Å². The Morgan fingerprint density at radius 3 is 2.13 bits per heavy atom. The largest absolute Gasteiger partial charge is 0.385 e.